The second-order valence-electron chi connectivity index (χ2n) is 10.6. The van der Waals surface area contributed by atoms with Crippen molar-refractivity contribution in [3.8, 4) is 0 Å². The zero-order chi connectivity index (χ0) is 17.9. The van der Waals surface area contributed by atoms with Crippen LogP contribution in [0.5, 0.6) is 0 Å². The van der Waals surface area contributed by atoms with E-state index in [9.17, 15) is 0 Å². The van der Waals surface area contributed by atoms with Crippen molar-refractivity contribution >= 4 is 0 Å². The van der Waals surface area contributed by atoms with E-state index in [0.717, 1.165) is 41.5 Å². The van der Waals surface area contributed by atoms with Crippen molar-refractivity contribution in [2.45, 2.75) is 89.5 Å². The molecule has 0 heterocycles. The van der Waals surface area contributed by atoms with Gasteiger partial charge in [0, 0.05) is 12.6 Å². The van der Waals surface area contributed by atoms with E-state index >= 15 is 0 Å². The Kier molecular flexibility index (Phi) is 6.62. The minimum atomic E-state index is 0.883. The van der Waals surface area contributed by atoms with Crippen LogP contribution in [0, 0.1) is 35.5 Å². The summed E-state index contributed by atoms with van der Waals surface area (Å²) in [5, 5.41) is 3.47. The fourth-order valence-electron chi connectivity index (χ4n) is 7.68. The molecule has 2 heteroatoms. The molecule has 0 spiro atoms. The quantitative estimate of drug-likeness (QED) is 0.713. The first-order valence-electron chi connectivity index (χ1n) is 12.1. The predicted octanol–water partition coefficient (Wildman–Crippen LogP) is 5.33. The zero-order valence-electron chi connectivity index (χ0n) is 17.6. The third-order valence-corrected chi connectivity index (χ3v) is 9.05. The van der Waals surface area contributed by atoms with Crippen LogP contribution in [0.25, 0.3) is 0 Å². The number of rotatable bonds is 5. The van der Waals surface area contributed by atoms with E-state index in [4.69, 9.17) is 0 Å². The summed E-state index contributed by atoms with van der Waals surface area (Å²) in [6, 6.07) is 0.883. The first-order valence-corrected chi connectivity index (χ1v) is 12.1. The van der Waals surface area contributed by atoms with E-state index in [0.29, 0.717) is 0 Å². The summed E-state index contributed by atoms with van der Waals surface area (Å²) < 4.78 is 0. The molecule has 7 atom stereocenters. The van der Waals surface area contributed by atoms with Gasteiger partial charge in [-0.2, -0.15) is 0 Å². The van der Waals surface area contributed by atoms with E-state index in [-0.39, 0.29) is 0 Å². The molecule has 1 N–H and O–H groups in total. The van der Waals surface area contributed by atoms with Crippen molar-refractivity contribution in [2.75, 3.05) is 27.2 Å². The summed E-state index contributed by atoms with van der Waals surface area (Å²) in [7, 11) is 4.61. The monoisotopic (exact) mass is 360 g/mol. The zero-order valence-corrected chi connectivity index (χ0v) is 17.6. The highest BCUT2D eigenvalue weighted by Crippen LogP contribution is 2.46. The minimum Gasteiger partial charge on any atom is -0.319 e. The summed E-state index contributed by atoms with van der Waals surface area (Å²) in [5.74, 6) is 6.21. The fraction of sp³-hybridized carbons (Fsp3) is 1.00. The molecular weight excluding hydrogens is 316 g/mol. The highest BCUT2D eigenvalue weighted by molar-refractivity contribution is 4.92. The van der Waals surface area contributed by atoms with Crippen molar-refractivity contribution in [1.82, 2.24) is 10.2 Å². The van der Waals surface area contributed by atoms with Gasteiger partial charge in [0.05, 0.1) is 0 Å². The molecule has 0 aromatic heterocycles. The second kappa shape index (κ2) is 8.95. The molecule has 0 amide bonds. The highest BCUT2D eigenvalue weighted by atomic mass is 15.1. The van der Waals surface area contributed by atoms with Gasteiger partial charge in [-0.05, 0) is 101 Å². The van der Waals surface area contributed by atoms with Crippen LogP contribution in [0.1, 0.15) is 83.5 Å². The van der Waals surface area contributed by atoms with Crippen LogP contribution in [0.3, 0.4) is 0 Å². The first-order chi connectivity index (χ1) is 12.7. The third kappa shape index (κ3) is 4.32. The van der Waals surface area contributed by atoms with Gasteiger partial charge in [-0.15, -0.1) is 0 Å². The van der Waals surface area contributed by atoms with Crippen LogP contribution >= 0.6 is 0 Å². The van der Waals surface area contributed by atoms with Gasteiger partial charge >= 0.3 is 0 Å². The van der Waals surface area contributed by atoms with Crippen LogP contribution in [-0.4, -0.2) is 38.1 Å². The lowest BCUT2D eigenvalue weighted by molar-refractivity contribution is 0.0366. The maximum Gasteiger partial charge on any atom is 0.00951 e. The van der Waals surface area contributed by atoms with Crippen molar-refractivity contribution in [3.05, 3.63) is 0 Å². The van der Waals surface area contributed by atoms with E-state index in [1.807, 2.05) is 0 Å². The summed E-state index contributed by atoms with van der Waals surface area (Å²) in [5.41, 5.74) is 0. The Labute approximate surface area is 162 Å². The van der Waals surface area contributed by atoms with Crippen molar-refractivity contribution in [3.63, 3.8) is 0 Å². The number of hydrogen-bond donors (Lipinski definition) is 1. The first kappa shape index (κ1) is 19.2. The lowest BCUT2D eigenvalue weighted by atomic mass is 9.64. The molecule has 2 nitrogen and oxygen atoms in total. The third-order valence-electron chi connectivity index (χ3n) is 9.05. The van der Waals surface area contributed by atoms with Crippen LogP contribution < -0.4 is 5.32 Å². The maximum absolute atomic E-state index is 3.47. The van der Waals surface area contributed by atoms with Gasteiger partial charge < -0.3 is 10.2 Å². The van der Waals surface area contributed by atoms with E-state index in [1.165, 1.54) is 70.9 Å². The summed E-state index contributed by atoms with van der Waals surface area (Å²) in [6.45, 7) is 2.65. The molecule has 4 aliphatic carbocycles. The maximum atomic E-state index is 3.47. The Balaban J connectivity index is 1.27. The van der Waals surface area contributed by atoms with E-state index in [1.54, 1.807) is 25.7 Å². The molecule has 4 rings (SSSR count). The van der Waals surface area contributed by atoms with Gasteiger partial charge in [-0.3, -0.25) is 0 Å². The molecule has 0 aliphatic heterocycles. The Morgan fingerprint density at radius 3 is 2.42 bits per heavy atom. The standard InChI is InChI=1S/C24H44N2/c1-25-16-22-9-5-8-21-15-23(12-13-24(21)22)26(2)17-18-10-11-19-6-3-4-7-20(19)14-18/h18-25H,3-17H2,1-2H3/t18?,19?,20?,21?,22?,23-,24?/m1/s1. The Hall–Kier alpha value is -0.0800. The molecule has 6 unspecified atom stereocenters. The molecule has 4 fully saturated rings. The number of hydrogen-bond acceptors (Lipinski definition) is 2. The molecule has 150 valence electrons. The normalized spacial score (nSPS) is 43.7. The molecule has 0 aromatic rings. The van der Waals surface area contributed by atoms with Gasteiger partial charge in [0.2, 0.25) is 0 Å². The second-order valence-corrected chi connectivity index (χ2v) is 10.6. The molecular formula is C24H44N2. The van der Waals surface area contributed by atoms with Crippen LogP contribution in [0.4, 0.5) is 0 Å². The van der Waals surface area contributed by atoms with Crippen molar-refractivity contribution in [2.24, 2.45) is 35.5 Å². The van der Waals surface area contributed by atoms with Gasteiger partial charge in [0.25, 0.3) is 0 Å². The summed E-state index contributed by atoms with van der Waals surface area (Å²) in [6.07, 6.45) is 19.7. The van der Waals surface area contributed by atoms with Crippen LogP contribution in [0.15, 0.2) is 0 Å². The van der Waals surface area contributed by atoms with Gasteiger partial charge in [0.15, 0.2) is 0 Å². The molecule has 0 bridgehead atoms. The lowest BCUT2D eigenvalue weighted by Gasteiger charge is -2.47. The Morgan fingerprint density at radius 2 is 1.58 bits per heavy atom. The molecule has 0 aromatic carbocycles. The SMILES string of the molecule is CNCC1CCCC2C[C@H](N(C)CC3CCC4CCCCC4C3)CCC12. The van der Waals surface area contributed by atoms with Crippen molar-refractivity contribution < 1.29 is 0 Å². The van der Waals surface area contributed by atoms with Gasteiger partial charge in [-0.25, -0.2) is 0 Å². The number of fused-ring (bicyclic) bond motifs is 2. The summed E-state index contributed by atoms with van der Waals surface area (Å²) in [4.78, 5) is 2.81. The molecule has 4 aliphatic rings. The summed E-state index contributed by atoms with van der Waals surface area (Å²) >= 11 is 0. The Morgan fingerprint density at radius 1 is 0.769 bits per heavy atom. The van der Waals surface area contributed by atoms with E-state index < -0.39 is 0 Å². The smallest absolute Gasteiger partial charge is 0.00951 e. The Bertz CT molecular complexity index is 434. The van der Waals surface area contributed by atoms with Gasteiger partial charge in [0.1, 0.15) is 0 Å². The minimum absolute atomic E-state index is 0.883. The molecule has 4 saturated carbocycles. The molecule has 0 radical (unpaired) electrons. The number of nitrogens with zero attached hydrogens (tertiary/aromatic N) is 1. The topological polar surface area (TPSA) is 15.3 Å². The molecule has 0 saturated heterocycles. The largest absolute Gasteiger partial charge is 0.319 e. The number of nitrogens with one attached hydrogen (secondary N) is 1. The van der Waals surface area contributed by atoms with Crippen LogP contribution in [-0.2, 0) is 0 Å². The predicted molar refractivity (Wildman–Crippen MR) is 111 cm³/mol. The average Bonchev–Trinajstić information content (AvgIpc) is 2.68. The fourth-order valence-corrected chi connectivity index (χ4v) is 7.68. The highest BCUT2D eigenvalue weighted by Gasteiger charge is 2.39. The molecule has 26 heavy (non-hydrogen) atoms. The average molecular weight is 361 g/mol. The van der Waals surface area contributed by atoms with E-state index in [2.05, 4.69) is 24.3 Å². The van der Waals surface area contributed by atoms with Crippen LogP contribution in [0.2, 0.25) is 0 Å². The lowest BCUT2D eigenvalue weighted by Crippen LogP contribution is -2.45. The van der Waals surface area contributed by atoms with Crippen molar-refractivity contribution in [1.29, 1.82) is 0 Å². The van der Waals surface area contributed by atoms with Gasteiger partial charge in [-0.1, -0.05) is 38.5 Å².